The minimum Gasteiger partial charge on any atom is -0.330 e. The maximum Gasteiger partial charge on any atom is 0.223 e. The van der Waals surface area contributed by atoms with Gasteiger partial charge in [-0.1, -0.05) is 24.3 Å². The number of amides is 1. The molecule has 3 N–H and O–H groups in total. The van der Waals surface area contributed by atoms with E-state index in [-0.39, 0.29) is 5.91 Å². The summed E-state index contributed by atoms with van der Waals surface area (Å²) in [5.74, 6) is -0.103. The van der Waals surface area contributed by atoms with Gasteiger partial charge in [0, 0.05) is 17.9 Å². The van der Waals surface area contributed by atoms with E-state index in [1.807, 2.05) is 17.5 Å². The number of hydrogen-bond acceptors (Lipinski definition) is 4. The molecule has 1 amide bonds. The highest BCUT2D eigenvalue weighted by Crippen LogP contribution is 2.25. The van der Waals surface area contributed by atoms with Crippen molar-refractivity contribution in [2.75, 3.05) is 11.9 Å². The number of hydrogen-bond donors (Lipinski definition) is 2. The van der Waals surface area contributed by atoms with Gasteiger partial charge in [-0.3, -0.25) is 4.79 Å². The summed E-state index contributed by atoms with van der Waals surface area (Å²) < 4.78 is 0. The fraction of sp³-hybridized carbons (Fsp3) is 0.231. The van der Waals surface area contributed by atoms with Crippen molar-refractivity contribution in [2.24, 2.45) is 5.73 Å². The standard InChI is InChI=1S/C13H15N3OS/c1-9(17)15-13-16-12(8-18-13)11-4-2-10(3-5-11)6-7-14/h2-5,8H,6-7,14H2,1H3,(H,15,16,17). The molecule has 2 aromatic rings. The van der Waals surface area contributed by atoms with Crippen LogP contribution in [0.1, 0.15) is 12.5 Å². The number of aromatic nitrogens is 1. The number of nitrogens with one attached hydrogen (secondary N) is 1. The largest absolute Gasteiger partial charge is 0.330 e. The smallest absolute Gasteiger partial charge is 0.223 e. The van der Waals surface area contributed by atoms with Crippen LogP contribution >= 0.6 is 11.3 Å². The Balaban J connectivity index is 2.15. The van der Waals surface area contributed by atoms with E-state index < -0.39 is 0 Å². The Morgan fingerprint density at radius 3 is 2.72 bits per heavy atom. The van der Waals surface area contributed by atoms with Crippen molar-refractivity contribution < 1.29 is 4.79 Å². The Hall–Kier alpha value is -1.72. The first kappa shape index (κ1) is 12.7. The molecule has 0 bridgehead atoms. The van der Waals surface area contributed by atoms with Crippen LogP contribution < -0.4 is 11.1 Å². The average molecular weight is 261 g/mol. The molecule has 5 heteroatoms. The molecule has 0 fully saturated rings. The molecular weight excluding hydrogens is 246 g/mol. The molecule has 0 aliphatic heterocycles. The van der Waals surface area contributed by atoms with E-state index in [9.17, 15) is 4.79 Å². The van der Waals surface area contributed by atoms with E-state index in [0.29, 0.717) is 11.7 Å². The van der Waals surface area contributed by atoms with Crippen LogP contribution in [0.2, 0.25) is 0 Å². The summed E-state index contributed by atoms with van der Waals surface area (Å²) in [4.78, 5) is 15.3. The van der Waals surface area contributed by atoms with Crippen LogP contribution in [0.5, 0.6) is 0 Å². The molecule has 0 atom stereocenters. The number of thiazole rings is 1. The van der Waals surface area contributed by atoms with Gasteiger partial charge in [0.1, 0.15) is 0 Å². The van der Waals surface area contributed by atoms with Crippen molar-refractivity contribution in [3.8, 4) is 11.3 Å². The summed E-state index contributed by atoms with van der Waals surface area (Å²) in [6, 6.07) is 8.16. The number of carbonyl (C=O) groups excluding carboxylic acids is 1. The topological polar surface area (TPSA) is 68.0 Å². The zero-order valence-electron chi connectivity index (χ0n) is 10.1. The van der Waals surface area contributed by atoms with Crippen LogP contribution in [0, 0.1) is 0 Å². The van der Waals surface area contributed by atoms with Gasteiger partial charge in [0.2, 0.25) is 5.91 Å². The second kappa shape index (κ2) is 5.75. The highest BCUT2D eigenvalue weighted by Gasteiger charge is 2.05. The molecule has 0 aliphatic carbocycles. The maximum atomic E-state index is 10.9. The van der Waals surface area contributed by atoms with E-state index in [4.69, 9.17) is 5.73 Å². The molecule has 0 saturated heterocycles. The van der Waals surface area contributed by atoms with Gasteiger partial charge in [-0.05, 0) is 18.5 Å². The van der Waals surface area contributed by atoms with E-state index >= 15 is 0 Å². The van der Waals surface area contributed by atoms with Crippen LogP contribution in [0.25, 0.3) is 11.3 Å². The fourth-order valence-electron chi connectivity index (χ4n) is 1.62. The summed E-state index contributed by atoms with van der Waals surface area (Å²) in [5.41, 5.74) is 8.65. The molecule has 18 heavy (non-hydrogen) atoms. The lowest BCUT2D eigenvalue weighted by Crippen LogP contribution is -2.04. The van der Waals surface area contributed by atoms with Gasteiger partial charge in [-0.2, -0.15) is 0 Å². The summed E-state index contributed by atoms with van der Waals surface area (Å²) >= 11 is 1.42. The Kier molecular flexibility index (Phi) is 4.07. The number of carbonyl (C=O) groups is 1. The molecule has 94 valence electrons. The van der Waals surface area contributed by atoms with Gasteiger partial charge in [0.05, 0.1) is 5.69 Å². The van der Waals surface area contributed by atoms with Gasteiger partial charge in [0.25, 0.3) is 0 Å². The van der Waals surface area contributed by atoms with Gasteiger partial charge >= 0.3 is 0 Å². The monoisotopic (exact) mass is 261 g/mol. The molecule has 1 heterocycles. The third-order valence-electron chi connectivity index (χ3n) is 2.47. The first-order valence-corrected chi connectivity index (χ1v) is 6.59. The summed E-state index contributed by atoms with van der Waals surface area (Å²) in [6.07, 6.45) is 0.883. The quantitative estimate of drug-likeness (QED) is 0.887. The first-order valence-electron chi connectivity index (χ1n) is 5.71. The van der Waals surface area contributed by atoms with E-state index in [1.54, 1.807) is 0 Å². The molecule has 1 aromatic carbocycles. The second-order valence-electron chi connectivity index (χ2n) is 3.95. The van der Waals surface area contributed by atoms with Crippen LogP contribution in [0.4, 0.5) is 5.13 Å². The second-order valence-corrected chi connectivity index (χ2v) is 4.81. The summed E-state index contributed by atoms with van der Waals surface area (Å²) in [7, 11) is 0. The lowest BCUT2D eigenvalue weighted by molar-refractivity contribution is -0.114. The lowest BCUT2D eigenvalue weighted by atomic mass is 10.1. The van der Waals surface area contributed by atoms with E-state index in [0.717, 1.165) is 17.7 Å². The zero-order valence-corrected chi connectivity index (χ0v) is 11.0. The predicted molar refractivity (Wildman–Crippen MR) is 74.6 cm³/mol. The first-order chi connectivity index (χ1) is 8.69. The Morgan fingerprint density at radius 1 is 1.39 bits per heavy atom. The van der Waals surface area contributed by atoms with Crippen molar-refractivity contribution in [3.05, 3.63) is 35.2 Å². The Morgan fingerprint density at radius 2 is 2.11 bits per heavy atom. The van der Waals surface area contributed by atoms with Gasteiger partial charge in [-0.15, -0.1) is 11.3 Å². The minimum atomic E-state index is -0.103. The van der Waals surface area contributed by atoms with Gasteiger partial charge in [-0.25, -0.2) is 4.98 Å². The molecule has 4 nitrogen and oxygen atoms in total. The number of rotatable bonds is 4. The lowest BCUT2D eigenvalue weighted by Gasteiger charge is -2.00. The molecule has 0 aliphatic rings. The Bertz CT molecular complexity index is 533. The van der Waals surface area contributed by atoms with Crippen molar-refractivity contribution in [1.82, 2.24) is 4.98 Å². The van der Waals surface area contributed by atoms with Crippen LogP contribution in [0.15, 0.2) is 29.6 Å². The van der Waals surface area contributed by atoms with Gasteiger partial charge in [0.15, 0.2) is 5.13 Å². The normalized spacial score (nSPS) is 10.3. The third kappa shape index (κ3) is 3.15. The Labute approximate surface area is 110 Å². The SMILES string of the molecule is CC(=O)Nc1nc(-c2ccc(CCN)cc2)cs1. The molecule has 1 aromatic heterocycles. The number of anilines is 1. The summed E-state index contributed by atoms with van der Waals surface area (Å²) in [5, 5.41) is 5.24. The highest BCUT2D eigenvalue weighted by molar-refractivity contribution is 7.14. The van der Waals surface area contributed by atoms with Crippen LogP contribution in [-0.2, 0) is 11.2 Å². The fourth-order valence-corrected chi connectivity index (χ4v) is 2.39. The zero-order chi connectivity index (χ0) is 13.0. The van der Waals surface area contributed by atoms with E-state index in [1.165, 1.54) is 23.8 Å². The molecule has 0 unspecified atom stereocenters. The highest BCUT2D eigenvalue weighted by atomic mass is 32.1. The molecule has 0 spiro atoms. The van der Waals surface area contributed by atoms with E-state index in [2.05, 4.69) is 22.4 Å². The molecular formula is C13H15N3OS. The summed E-state index contributed by atoms with van der Waals surface area (Å²) in [6.45, 7) is 2.13. The van der Waals surface area contributed by atoms with Crippen LogP contribution in [0.3, 0.4) is 0 Å². The van der Waals surface area contributed by atoms with Crippen molar-refractivity contribution in [2.45, 2.75) is 13.3 Å². The number of nitrogens with two attached hydrogens (primary N) is 1. The molecule has 0 saturated carbocycles. The molecule has 2 rings (SSSR count). The minimum absolute atomic E-state index is 0.103. The van der Waals surface area contributed by atoms with Gasteiger partial charge < -0.3 is 11.1 Å². The predicted octanol–water partition coefficient (Wildman–Crippen LogP) is 2.27. The van der Waals surface area contributed by atoms with Crippen molar-refractivity contribution >= 4 is 22.4 Å². The number of nitrogens with zero attached hydrogens (tertiary/aromatic N) is 1. The average Bonchev–Trinajstić information content (AvgIpc) is 2.78. The van der Waals surface area contributed by atoms with Crippen molar-refractivity contribution in [1.29, 1.82) is 0 Å². The maximum absolute atomic E-state index is 10.9. The third-order valence-corrected chi connectivity index (χ3v) is 3.23. The van der Waals surface area contributed by atoms with Crippen molar-refractivity contribution in [3.63, 3.8) is 0 Å². The number of benzene rings is 1. The molecule has 0 radical (unpaired) electrons. The van der Waals surface area contributed by atoms with Crippen LogP contribution in [-0.4, -0.2) is 17.4 Å².